The highest BCUT2D eigenvalue weighted by Crippen LogP contribution is 2.55. The van der Waals surface area contributed by atoms with Crippen molar-refractivity contribution in [3.05, 3.63) is 140 Å². The summed E-state index contributed by atoms with van der Waals surface area (Å²) in [6.45, 7) is 0. The molecule has 10 aromatic rings. The second kappa shape index (κ2) is 12.3. The van der Waals surface area contributed by atoms with E-state index in [2.05, 4.69) is 22.8 Å². The van der Waals surface area contributed by atoms with E-state index in [1.165, 1.54) is 0 Å². The fraction of sp³-hybridized carbons (Fsp3) is 0. The monoisotopic (exact) mass is 736 g/mol. The van der Waals surface area contributed by atoms with Crippen molar-refractivity contribution in [2.75, 3.05) is 0 Å². The van der Waals surface area contributed by atoms with Gasteiger partial charge in [0.1, 0.15) is 0 Å². The Kier molecular flexibility index (Phi) is 7.23. The van der Waals surface area contributed by atoms with Crippen LogP contribution in [0, 0.1) is 0 Å². The number of nitrogens with zero attached hydrogens (tertiary/aromatic N) is 4. The lowest BCUT2D eigenvalue weighted by Crippen LogP contribution is -2.01. The maximum absolute atomic E-state index is 10.9. The van der Waals surface area contributed by atoms with Gasteiger partial charge in [0, 0.05) is 42.9 Å². The van der Waals surface area contributed by atoms with Crippen molar-refractivity contribution in [1.82, 2.24) is 19.5 Å². The summed E-state index contributed by atoms with van der Waals surface area (Å²) in [6.07, 6.45) is 0. The largest absolute Gasteiger partial charge is 0.504 e. The van der Waals surface area contributed by atoms with Gasteiger partial charge in [0.15, 0.2) is 29.0 Å². The summed E-state index contributed by atoms with van der Waals surface area (Å²) < 4.78 is 4.21. The minimum atomic E-state index is -1.01. The van der Waals surface area contributed by atoms with E-state index in [0.717, 1.165) is 64.4 Å². The molecule has 0 radical (unpaired) electrons. The summed E-state index contributed by atoms with van der Waals surface area (Å²) in [5.41, 5.74) is 5.24. The van der Waals surface area contributed by atoms with Crippen LogP contribution in [0.2, 0.25) is 0 Å². The van der Waals surface area contributed by atoms with Gasteiger partial charge in [-0.05, 0) is 35.9 Å². The number of fused-ring (bicyclic) bond motifs is 6. The minimum Gasteiger partial charge on any atom is -0.504 e. The molecule has 5 N–H and O–H groups in total. The number of aromatic nitrogens is 4. The predicted octanol–water partition coefficient (Wildman–Crippen LogP) is 10.5. The summed E-state index contributed by atoms with van der Waals surface area (Å²) in [4.78, 5) is 15.1. The first-order chi connectivity index (χ1) is 26.9. The molecule has 0 saturated heterocycles. The molecule has 3 aromatic heterocycles. The Labute approximate surface area is 316 Å². The third kappa shape index (κ3) is 4.96. The van der Waals surface area contributed by atoms with Crippen LogP contribution in [0.25, 0.3) is 93.0 Å². The van der Waals surface area contributed by atoms with Gasteiger partial charge in [-0.3, -0.25) is 0 Å². The molecule has 0 aliphatic heterocycles. The highest BCUT2D eigenvalue weighted by molar-refractivity contribution is 7.26. The number of thiophene rings is 1. The van der Waals surface area contributed by atoms with Crippen LogP contribution < -0.4 is 0 Å². The first-order valence-electron chi connectivity index (χ1n) is 17.4. The minimum absolute atomic E-state index is 0.216. The molecule has 0 bridgehead atoms. The van der Waals surface area contributed by atoms with Crippen molar-refractivity contribution >= 4 is 53.3 Å². The molecular formula is C45H28N4O5S. The van der Waals surface area contributed by atoms with Gasteiger partial charge in [0.2, 0.25) is 17.2 Å². The fourth-order valence-corrected chi connectivity index (χ4v) is 8.68. The zero-order chi connectivity index (χ0) is 37.4. The average Bonchev–Trinajstić information content (AvgIpc) is 3.79. The van der Waals surface area contributed by atoms with Crippen LogP contribution in [0.4, 0.5) is 0 Å². The molecule has 0 aliphatic carbocycles. The standard InChI is InChI=1S/C45H28N4O5S/c50-37-35(38(51)40(53)41(54)39(37)52)26-19-20-28-27-15-7-9-17-31(27)49(33(28)23-26)32-22-21-30(36-29-16-8-10-18-34(29)55-42(32)36)45-47-43(24-11-3-1-4-12-24)46-44(48-45)25-13-5-2-6-14-25/h1-23,50-54H. The van der Waals surface area contributed by atoms with E-state index in [9.17, 15) is 25.5 Å². The third-order valence-electron chi connectivity index (χ3n) is 10.0. The number of hydrogen-bond acceptors (Lipinski definition) is 9. The SMILES string of the molecule is Oc1c(O)c(O)c(-c2ccc3c4ccccc4n(-c4ccc(-c5nc(-c6ccccc6)nc(-c6ccccc6)n5)c5c4sc4ccccc45)c3c2)c(O)c1O. The zero-order valence-corrected chi connectivity index (χ0v) is 29.5. The van der Waals surface area contributed by atoms with Gasteiger partial charge in [-0.1, -0.05) is 109 Å². The van der Waals surface area contributed by atoms with Gasteiger partial charge in [0.05, 0.1) is 27.0 Å². The normalized spacial score (nSPS) is 11.6. The van der Waals surface area contributed by atoms with E-state index in [4.69, 9.17) is 15.0 Å². The van der Waals surface area contributed by atoms with E-state index in [1.807, 2.05) is 109 Å². The summed E-state index contributed by atoms with van der Waals surface area (Å²) in [7, 11) is 0. The highest BCUT2D eigenvalue weighted by atomic mass is 32.1. The van der Waals surface area contributed by atoms with E-state index in [-0.39, 0.29) is 5.56 Å². The van der Waals surface area contributed by atoms with Crippen molar-refractivity contribution in [3.63, 3.8) is 0 Å². The van der Waals surface area contributed by atoms with Crippen LogP contribution in [0.15, 0.2) is 140 Å². The highest BCUT2D eigenvalue weighted by Gasteiger charge is 2.26. The van der Waals surface area contributed by atoms with Crippen LogP contribution >= 0.6 is 11.3 Å². The molecule has 0 atom stereocenters. The van der Waals surface area contributed by atoms with E-state index in [0.29, 0.717) is 23.0 Å². The van der Waals surface area contributed by atoms with Gasteiger partial charge in [-0.15, -0.1) is 11.3 Å². The van der Waals surface area contributed by atoms with Crippen molar-refractivity contribution in [2.45, 2.75) is 0 Å². The lowest BCUT2D eigenvalue weighted by Gasteiger charge is -2.15. The molecule has 264 valence electrons. The quantitative estimate of drug-likeness (QED) is 0.0867. The number of phenols is 5. The number of rotatable bonds is 5. The molecule has 0 spiro atoms. The van der Waals surface area contributed by atoms with Crippen molar-refractivity contribution in [1.29, 1.82) is 0 Å². The molecule has 10 rings (SSSR count). The van der Waals surface area contributed by atoms with Crippen LogP contribution in [-0.4, -0.2) is 45.1 Å². The number of phenolic OH excluding ortho intramolecular Hbond substituents is 5. The Balaban J connectivity index is 1.27. The van der Waals surface area contributed by atoms with Crippen LogP contribution in [0.1, 0.15) is 0 Å². The Bertz CT molecular complexity index is 3070. The smallest absolute Gasteiger partial charge is 0.208 e. The molecule has 0 saturated carbocycles. The summed E-state index contributed by atoms with van der Waals surface area (Å²) >= 11 is 1.66. The Morgan fingerprint density at radius 1 is 0.436 bits per heavy atom. The molecule has 7 aromatic carbocycles. The summed E-state index contributed by atoms with van der Waals surface area (Å²) in [5, 5.41) is 56.5. The molecule has 3 heterocycles. The predicted molar refractivity (Wildman–Crippen MR) is 217 cm³/mol. The molecule has 0 fully saturated rings. The summed E-state index contributed by atoms with van der Waals surface area (Å²) in [5.74, 6) is -2.72. The van der Waals surface area contributed by atoms with Gasteiger partial charge in [0.25, 0.3) is 0 Å². The Morgan fingerprint density at radius 3 is 1.65 bits per heavy atom. The molecular weight excluding hydrogens is 709 g/mol. The number of aromatic hydroxyl groups is 5. The van der Waals surface area contributed by atoms with E-state index >= 15 is 0 Å². The fourth-order valence-electron chi connectivity index (χ4n) is 7.45. The van der Waals surface area contributed by atoms with Gasteiger partial charge < -0.3 is 30.1 Å². The van der Waals surface area contributed by atoms with Crippen LogP contribution in [-0.2, 0) is 0 Å². The number of hydrogen-bond donors (Lipinski definition) is 5. The van der Waals surface area contributed by atoms with Crippen LogP contribution in [0.5, 0.6) is 28.7 Å². The van der Waals surface area contributed by atoms with Crippen molar-refractivity contribution in [3.8, 4) is 79.7 Å². The topological polar surface area (TPSA) is 145 Å². The van der Waals surface area contributed by atoms with Crippen molar-refractivity contribution < 1.29 is 25.5 Å². The molecule has 55 heavy (non-hydrogen) atoms. The second-order valence-electron chi connectivity index (χ2n) is 13.2. The Morgan fingerprint density at radius 2 is 0.982 bits per heavy atom. The molecule has 9 nitrogen and oxygen atoms in total. The van der Waals surface area contributed by atoms with Gasteiger partial charge >= 0.3 is 0 Å². The van der Waals surface area contributed by atoms with E-state index in [1.54, 1.807) is 23.5 Å². The van der Waals surface area contributed by atoms with Crippen LogP contribution in [0.3, 0.4) is 0 Å². The average molecular weight is 737 g/mol. The maximum atomic E-state index is 10.9. The first kappa shape index (κ1) is 32.2. The second-order valence-corrected chi connectivity index (χ2v) is 14.2. The molecule has 0 aliphatic rings. The molecule has 10 heteroatoms. The van der Waals surface area contributed by atoms with E-state index < -0.39 is 28.7 Å². The van der Waals surface area contributed by atoms with Gasteiger partial charge in [-0.25, -0.2) is 15.0 Å². The lowest BCUT2D eigenvalue weighted by atomic mass is 10.00. The third-order valence-corrected chi connectivity index (χ3v) is 11.2. The zero-order valence-electron chi connectivity index (χ0n) is 28.7. The maximum Gasteiger partial charge on any atom is 0.208 e. The lowest BCUT2D eigenvalue weighted by molar-refractivity contribution is 0.330. The molecule has 0 unspecified atom stereocenters. The number of para-hydroxylation sites is 1. The summed E-state index contributed by atoms with van der Waals surface area (Å²) in [6, 6.07) is 45.5. The molecule has 0 amide bonds. The van der Waals surface area contributed by atoms with Crippen molar-refractivity contribution in [2.24, 2.45) is 0 Å². The van der Waals surface area contributed by atoms with Gasteiger partial charge in [-0.2, -0.15) is 0 Å². The first-order valence-corrected chi connectivity index (χ1v) is 18.2. The Hall–Kier alpha value is -7.43. The number of benzene rings is 7.